The van der Waals surface area contributed by atoms with Gasteiger partial charge in [0.2, 0.25) is 0 Å². The molecular weight excluding hydrogens is 388 g/mol. The summed E-state index contributed by atoms with van der Waals surface area (Å²) in [6.45, 7) is -0.441. The summed E-state index contributed by atoms with van der Waals surface area (Å²) in [4.78, 5) is 1.20. The summed E-state index contributed by atoms with van der Waals surface area (Å²) < 4.78 is 5.74. The lowest BCUT2D eigenvalue weighted by atomic mass is 9.86. The number of aliphatic hydroxyl groups is 4. The predicted octanol–water partition coefficient (Wildman–Crippen LogP) is 2.44. The van der Waals surface area contributed by atoms with Crippen LogP contribution in [0, 0.1) is 0 Å². The van der Waals surface area contributed by atoms with E-state index >= 15 is 0 Å². The van der Waals surface area contributed by atoms with E-state index in [1.54, 1.807) is 11.3 Å². The van der Waals surface area contributed by atoms with Crippen LogP contribution in [-0.2, 0) is 4.74 Å². The molecule has 1 aromatic heterocycles. The molecule has 2 unspecified atom stereocenters. The number of benzene rings is 2. The fourth-order valence-corrected chi connectivity index (χ4v) is 4.79. The molecule has 2 heterocycles. The minimum Gasteiger partial charge on any atom is -0.394 e. The highest BCUT2D eigenvalue weighted by Gasteiger charge is 2.44. The Morgan fingerprint density at radius 1 is 0.828 bits per heavy atom. The van der Waals surface area contributed by atoms with Crippen LogP contribution in [0.1, 0.15) is 33.6 Å². The van der Waals surface area contributed by atoms with E-state index in [2.05, 4.69) is 18.2 Å². The average Bonchev–Trinajstić information content (AvgIpc) is 3.28. The number of thiophene rings is 1. The number of hydrogen-bond acceptors (Lipinski definition) is 6. The maximum atomic E-state index is 10.5. The third kappa shape index (κ3) is 4.00. The van der Waals surface area contributed by atoms with Gasteiger partial charge in [0.25, 0.3) is 0 Å². The number of aliphatic hydroxyl groups excluding tert-OH is 4. The van der Waals surface area contributed by atoms with Crippen LogP contribution in [0.4, 0.5) is 0 Å². The molecule has 0 aliphatic carbocycles. The molecule has 0 spiro atoms. The molecule has 0 radical (unpaired) electrons. The zero-order valence-corrected chi connectivity index (χ0v) is 16.5. The Balaban J connectivity index is 1.72. The quantitative estimate of drug-likeness (QED) is 0.517. The largest absolute Gasteiger partial charge is 0.394 e. The van der Waals surface area contributed by atoms with Crippen LogP contribution in [0.5, 0.6) is 0 Å². The summed E-state index contributed by atoms with van der Waals surface area (Å²) in [6.07, 6.45) is -5.82. The van der Waals surface area contributed by atoms with Gasteiger partial charge in [-0.05, 0) is 28.1 Å². The zero-order valence-electron chi connectivity index (χ0n) is 15.7. The summed E-state index contributed by atoms with van der Waals surface area (Å²) in [6, 6.07) is 22.0. The third-order valence-electron chi connectivity index (χ3n) is 5.43. The van der Waals surface area contributed by atoms with Crippen molar-refractivity contribution in [3.05, 3.63) is 93.7 Å². The van der Waals surface area contributed by atoms with Crippen molar-refractivity contribution in [3.63, 3.8) is 0 Å². The van der Waals surface area contributed by atoms with E-state index in [0.29, 0.717) is 5.56 Å². The molecule has 29 heavy (non-hydrogen) atoms. The molecule has 152 valence electrons. The Kier molecular flexibility index (Phi) is 6.10. The maximum absolute atomic E-state index is 10.5. The molecule has 0 saturated carbocycles. The SMILES string of the molecule is OC[C@H]1OC(c2cccc(C(c3ccccc3)c3cccs3)c2)[C@H](O)[C@@H](O)[C@@H]1O. The molecular formula is C23H24O5S. The molecule has 1 fully saturated rings. The molecule has 3 aromatic rings. The molecule has 0 bridgehead atoms. The molecule has 1 aliphatic rings. The molecule has 2 aromatic carbocycles. The first kappa shape index (κ1) is 20.2. The van der Waals surface area contributed by atoms with E-state index in [-0.39, 0.29) is 5.92 Å². The van der Waals surface area contributed by atoms with Gasteiger partial charge in [0.05, 0.1) is 6.61 Å². The highest BCUT2D eigenvalue weighted by atomic mass is 32.1. The van der Waals surface area contributed by atoms with Crippen molar-refractivity contribution in [2.24, 2.45) is 0 Å². The van der Waals surface area contributed by atoms with Crippen LogP contribution in [0.3, 0.4) is 0 Å². The predicted molar refractivity (Wildman–Crippen MR) is 111 cm³/mol. The molecule has 5 nitrogen and oxygen atoms in total. The molecule has 4 rings (SSSR count). The first-order chi connectivity index (χ1) is 14.1. The van der Waals surface area contributed by atoms with Crippen LogP contribution in [0.2, 0.25) is 0 Å². The van der Waals surface area contributed by atoms with Crippen molar-refractivity contribution in [2.45, 2.75) is 36.4 Å². The number of ether oxygens (including phenoxy) is 1. The molecule has 1 aliphatic heterocycles. The second-order valence-electron chi connectivity index (χ2n) is 7.28. The molecule has 6 atom stereocenters. The van der Waals surface area contributed by atoms with Crippen LogP contribution in [-0.4, -0.2) is 51.4 Å². The molecule has 1 saturated heterocycles. The summed E-state index contributed by atoms with van der Waals surface area (Å²) in [5, 5.41) is 42.2. The third-order valence-corrected chi connectivity index (χ3v) is 6.36. The van der Waals surface area contributed by atoms with E-state index in [4.69, 9.17) is 4.74 Å². The smallest absolute Gasteiger partial charge is 0.113 e. The number of rotatable bonds is 5. The van der Waals surface area contributed by atoms with Gasteiger partial charge in [-0.1, -0.05) is 60.7 Å². The van der Waals surface area contributed by atoms with Gasteiger partial charge in [0, 0.05) is 10.8 Å². The van der Waals surface area contributed by atoms with Crippen molar-refractivity contribution >= 4 is 11.3 Å². The summed E-state index contributed by atoms with van der Waals surface area (Å²) >= 11 is 1.68. The normalized spacial score (nSPS) is 28.2. The Morgan fingerprint density at radius 2 is 1.59 bits per heavy atom. The Hall–Kier alpha value is -2.06. The monoisotopic (exact) mass is 412 g/mol. The van der Waals surface area contributed by atoms with Crippen LogP contribution >= 0.6 is 11.3 Å². The van der Waals surface area contributed by atoms with E-state index in [9.17, 15) is 20.4 Å². The topological polar surface area (TPSA) is 90.2 Å². The van der Waals surface area contributed by atoms with Gasteiger partial charge in [-0.3, -0.25) is 0 Å². The van der Waals surface area contributed by atoms with Gasteiger partial charge in [-0.15, -0.1) is 11.3 Å². The van der Waals surface area contributed by atoms with Crippen molar-refractivity contribution in [2.75, 3.05) is 6.61 Å². The number of hydrogen-bond donors (Lipinski definition) is 4. The van der Waals surface area contributed by atoms with Crippen molar-refractivity contribution in [1.29, 1.82) is 0 Å². The molecule has 0 amide bonds. The second kappa shape index (κ2) is 8.75. The van der Waals surface area contributed by atoms with E-state index < -0.39 is 37.1 Å². The van der Waals surface area contributed by atoms with Gasteiger partial charge in [-0.25, -0.2) is 0 Å². The van der Waals surface area contributed by atoms with Crippen molar-refractivity contribution in [1.82, 2.24) is 0 Å². The van der Waals surface area contributed by atoms with Gasteiger partial charge < -0.3 is 25.2 Å². The summed E-state index contributed by atoms with van der Waals surface area (Å²) in [7, 11) is 0. The minimum absolute atomic E-state index is 0.0287. The van der Waals surface area contributed by atoms with Gasteiger partial charge >= 0.3 is 0 Å². The van der Waals surface area contributed by atoms with Gasteiger partial charge in [-0.2, -0.15) is 0 Å². The average molecular weight is 413 g/mol. The fraction of sp³-hybridized carbons (Fsp3) is 0.304. The highest BCUT2D eigenvalue weighted by Crippen LogP contribution is 2.38. The van der Waals surface area contributed by atoms with E-state index in [1.807, 2.05) is 53.9 Å². The standard InChI is InChI=1S/C23H24O5S/c24-13-17-20(25)21(26)22(27)23(28-17)16-9-4-8-15(12-16)19(18-10-5-11-29-18)14-6-2-1-3-7-14/h1-12,17,19-27H,13H2/t17-,19?,20-,21+,22-,23?/m1/s1. The van der Waals surface area contributed by atoms with Crippen LogP contribution < -0.4 is 0 Å². The molecule has 6 heteroatoms. The second-order valence-corrected chi connectivity index (χ2v) is 8.26. The maximum Gasteiger partial charge on any atom is 0.113 e. The zero-order chi connectivity index (χ0) is 20.4. The first-order valence-electron chi connectivity index (χ1n) is 9.59. The van der Waals surface area contributed by atoms with Crippen molar-refractivity contribution < 1.29 is 25.2 Å². The Bertz CT molecular complexity index is 912. The lowest BCUT2D eigenvalue weighted by Gasteiger charge is -2.40. The fourth-order valence-electron chi connectivity index (χ4n) is 3.91. The van der Waals surface area contributed by atoms with E-state index in [1.165, 1.54) is 4.88 Å². The highest BCUT2D eigenvalue weighted by molar-refractivity contribution is 7.10. The lowest BCUT2D eigenvalue weighted by Crippen LogP contribution is -2.55. The van der Waals surface area contributed by atoms with Gasteiger partial charge in [0.15, 0.2) is 0 Å². The molecule has 4 N–H and O–H groups in total. The summed E-state index contributed by atoms with van der Waals surface area (Å²) in [5.74, 6) is 0.0287. The lowest BCUT2D eigenvalue weighted by molar-refractivity contribution is -0.231. The Labute approximate surface area is 173 Å². The summed E-state index contributed by atoms with van der Waals surface area (Å²) in [5.41, 5.74) is 2.88. The van der Waals surface area contributed by atoms with E-state index in [0.717, 1.165) is 11.1 Å². The Morgan fingerprint density at radius 3 is 2.28 bits per heavy atom. The van der Waals surface area contributed by atoms with Crippen LogP contribution in [0.25, 0.3) is 0 Å². The first-order valence-corrected chi connectivity index (χ1v) is 10.5. The van der Waals surface area contributed by atoms with Gasteiger partial charge in [0.1, 0.15) is 30.5 Å². The minimum atomic E-state index is -1.39. The van der Waals surface area contributed by atoms with Crippen molar-refractivity contribution in [3.8, 4) is 0 Å². The van der Waals surface area contributed by atoms with Crippen LogP contribution in [0.15, 0.2) is 72.1 Å².